The number of carbonyl (C=O) groups excluding carboxylic acids is 3. The lowest BCUT2D eigenvalue weighted by Crippen LogP contribution is -2.46. The zero-order valence-electron chi connectivity index (χ0n) is 14.0. The van der Waals surface area contributed by atoms with Crippen molar-refractivity contribution in [2.24, 2.45) is 0 Å². The van der Waals surface area contributed by atoms with E-state index in [4.69, 9.17) is 9.47 Å². The zero-order valence-corrected chi connectivity index (χ0v) is 14.0. The van der Waals surface area contributed by atoms with Crippen LogP contribution in [0.2, 0.25) is 0 Å². The molecule has 0 radical (unpaired) electrons. The van der Waals surface area contributed by atoms with Crippen LogP contribution < -0.4 is 10.6 Å². The molecule has 1 aliphatic rings. The summed E-state index contributed by atoms with van der Waals surface area (Å²) in [6.07, 6.45) is -0.292. The van der Waals surface area contributed by atoms with Gasteiger partial charge in [0, 0.05) is 11.3 Å². The van der Waals surface area contributed by atoms with Gasteiger partial charge in [0.1, 0.15) is 5.75 Å². The van der Waals surface area contributed by atoms with E-state index in [1.807, 2.05) is 0 Å². The van der Waals surface area contributed by atoms with Crippen LogP contribution in [0.25, 0.3) is 0 Å². The predicted octanol–water partition coefficient (Wildman–Crippen LogP) is 1.52. The monoisotopic (exact) mass is 348 g/mol. The van der Waals surface area contributed by atoms with Gasteiger partial charge in [0.05, 0.1) is 31.2 Å². The van der Waals surface area contributed by atoms with Crippen LogP contribution in [0.1, 0.15) is 31.9 Å². The second kappa shape index (κ2) is 8.18. The Morgan fingerprint density at radius 3 is 2.48 bits per heavy atom. The van der Waals surface area contributed by atoms with E-state index in [2.05, 4.69) is 10.6 Å². The van der Waals surface area contributed by atoms with Crippen LogP contribution >= 0.6 is 0 Å². The first-order valence-corrected chi connectivity index (χ1v) is 7.89. The van der Waals surface area contributed by atoms with Gasteiger partial charge in [-0.25, -0.2) is 9.59 Å². The molecular formula is C17H20N2O6. The molecule has 3 N–H and O–H groups in total. The Bertz CT molecular complexity index is 713. The lowest BCUT2D eigenvalue weighted by Gasteiger charge is -2.29. The quantitative estimate of drug-likeness (QED) is 0.672. The van der Waals surface area contributed by atoms with Crippen LogP contribution in [0.4, 0.5) is 4.79 Å². The number of hydrogen-bond acceptors (Lipinski definition) is 6. The molecule has 1 heterocycles. The van der Waals surface area contributed by atoms with E-state index in [1.165, 1.54) is 6.07 Å². The average molecular weight is 348 g/mol. The number of nitrogens with one attached hydrogen (secondary N) is 2. The van der Waals surface area contributed by atoms with Gasteiger partial charge in [0.15, 0.2) is 0 Å². The molecule has 0 saturated carbocycles. The highest BCUT2D eigenvalue weighted by molar-refractivity contribution is 5.96. The number of hydrogen-bond donors (Lipinski definition) is 3. The van der Waals surface area contributed by atoms with E-state index in [0.29, 0.717) is 5.56 Å². The average Bonchev–Trinajstić information content (AvgIpc) is 2.55. The molecule has 0 aliphatic carbocycles. The fourth-order valence-corrected chi connectivity index (χ4v) is 2.53. The molecule has 0 fully saturated rings. The summed E-state index contributed by atoms with van der Waals surface area (Å²) in [7, 11) is 0. The first kappa shape index (κ1) is 18.3. The van der Waals surface area contributed by atoms with E-state index in [-0.39, 0.29) is 36.7 Å². The summed E-state index contributed by atoms with van der Waals surface area (Å²) in [5, 5.41) is 15.1. The maximum absolute atomic E-state index is 12.4. The molecule has 25 heavy (non-hydrogen) atoms. The van der Waals surface area contributed by atoms with Gasteiger partial charge >= 0.3 is 18.0 Å². The summed E-state index contributed by atoms with van der Waals surface area (Å²) >= 11 is 0. The molecule has 134 valence electrons. The number of carbonyl (C=O) groups is 3. The highest BCUT2D eigenvalue weighted by atomic mass is 16.5. The second-order valence-corrected chi connectivity index (χ2v) is 5.18. The van der Waals surface area contributed by atoms with Crippen molar-refractivity contribution in [3.8, 4) is 5.75 Å². The maximum atomic E-state index is 12.4. The summed E-state index contributed by atoms with van der Waals surface area (Å²) in [6, 6.07) is 4.76. The van der Waals surface area contributed by atoms with Crippen molar-refractivity contribution in [1.29, 1.82) is 0 Å². The summed E-state index contributed by atoms with van der Waals surface area (Å²) < 4.78 is 9.94. The molecular weight excluding hydrogens is 328 g/mol. The van der Waals surface area contributed by atoms with E-state index in [0.717, 1.165) is 0 Å². The van der Waals surface area contributed by atoms with Crippen LogP contribution in [0.3, 0.4) is 0 Å². The largest absolute Gasteiger partial charge is 0.508 e. The standard InChI is InChI=1S/C17H20N2O6/c1-3-24-13(21)9-11-14(16(22)25-4-2)15(19-17(23)18-11)10-7-5-6-8-12(10)20/h5-8,15,20H,3-4,9H2,1-2H3,(H2,18,19,23)/t15-/m0/s1. The fraction of sp³-hybridized carbons (Fsp3) is 0.353. The van der Waals surface area contributed by atoms with Crippen LogP contribution in [0.5, 0.6) is 5.75 Å². The molecule has 0 saturated heterocycles. The Morgan fingerprint density at radius 1 is 1.16 bits per heavy atom. The van der Waals surface area contributed by atoms with Crippen molar-refractivity contribution < 1.29 is 29.0 Å². The number of ether oxygens (including phenoxy) is 2. The first-order chi connectivity index (χ1) is 12.0. The Hall–Kier alpha value is -3.03. The number of para-hydroxylation sites is 1. The normalized spacial score (nSPS) is 16.7. The number of benzene rings is 1. The Labute approximate surface area is 144 Å². The summed E-state index contributed by atoms with van der Waals surface area (Å²) in [5.41, 5.74) is 0.465. The lowest BCUT2D eigenvalue weighted by atomic mass is 9.93. The molecule has 1 aromatic carbocycles. The first-order valence-electron chi connectivity index (χ1n) is 7.89. The highest BCUT2D eigenvalue weighted by Gasteiger charge is 2.35. The van der Waals surface area contributed by atoms with Crippen LogP contribution in [-0.4, -0.2) is 36.3 Å². The van der Waals surface area contributed by atoms with Crippen LogP contribution in [-0.2, 0) is 19.1 Å². The molecule has 2 rings (SSSR count). The Balaban J connectivity index is 2.51. The molecule has 2 amide bonds. The van der Waals surface area contributed by atoms with Crippen molar-refractivity contribution >= 4 is 18.0 Å². The van der Waals surface area contributed by atoms with E-state index in [9.17, 15) is 19.5 Å². The molecule has 1 atom stereocenters. The number of phenolic OH excluding ortho intramolecular Hbond substituents is 1. The van der Waals surface area contributed by atoms with Crippen molar-refractivity contribution in [3.63, 3.8) is 0 Å². The molecule has 0 spiro atoms. The third-order valence-corrected chi connectivity index (χ3v) is 3.52. The minimum absolute atomic E-state index is 0.0519. The number of urea groups is 1. The van der Waals surface area contributed by atoms with Crippen molar-refractivity contribution in [2.75, 3.05) is 13.2 Å². The van der Waals surface area contributed by atoms with Gasteiger partial charge in [-0.15, -0.1) is 0 Å². The molecule has 0 unspecified atom stereocenters. The molecule has 8 nitrogen and oxygen atoms in total. The van der Waals surface area contributed by atoms with Gasteiger partial charge in [-0.2, -0.15) is 0 Å². The fourth-order valence-electron chi connectivity index (χ4n) is 2.53. The van der Waals surface area contributed by atoms with Crippen molar-refractivity contribution in [2.45, 2.75) is 26.3 Å². The van der Waals surface area contributed by atoms with E-state index in [1.54, 1.807) is 32.0 Å². The summed E-state index contributed by atoms with van der Waals surface area (Å²) in [5.74, 6) is -1.37. The number of phenols is 1. The lowest BCUT2D eigenvalue weighted by molar-refractivity contribution is -0.142. The highest BCUT2D eigenvalue weighted by Crippen LogP contribution is 2.33. The van der Waals surface area contributed by atoms with Crippen molar-refractivity contribution in [3.05, 3.63) is 41.1 Å². The van der Waals surface area contributed by atoms with Gasteiger partial charge in [0.25, 0.3) is 0 Å². The predicted molar refractivity (Wildman–Crippen MR) is 87.4 cm³/mol. The molecule has 8 heteroatoms. The molecule has 1 aliphatic heterocycles. The van der Waals surface area contributed by atoms with E-state index < -0.39 is 24.0 Å². The van der Waals surface area contributed by atoms with Gasteiger partial charge < -0.3 is 25.2 Å². The molecule has 1 aromatic rings. The number of amides is 2. The zero-order chi connectivity index (χ0) is 18.4. The van der Waals surface area contributed by atoms with Gasteiger partial charge in [-0.05, 0) is 19.9 Å². The number of aromatic hydroxyl groups is 1. The van der Waals surface area contributed by atoms with Gasteiger partial charge in [0.2, 0.25) is 0 Å². The third-order valence-electron chi connectivity index (χ3n) is 3.52. The summed E-state index contributed by atoms with van der Waals surface area (Å²) in [6.45, 7) is 3.60. The molecule has 0 aromatic heterocycles. The van der Waals surface area contributed by atoms with Gasteiger partial charge in [-0.1, -0.05) is 18.2 Å². The topological polar surface area (TPSA) is 114 Å². The van der Waals surface area contributed by atoms with Crippen molar-refractivity contribution in [1.82, 2.24) is 10.6 Å². The third kappa shape index (κ3) is 4.28. The maximum Gasteiger partial charge on any atom is 0.338 e. The smallest absolute Gasteiger partial charge is 0.338 e. The SMILES string of the molecule is CCOC(=O)CC1=C(C(=O)OCC)[C@H](c2ccccc2O)NC(=O)N1. The number of rotatable bonds is 6. The Kier molecular flexibility index (Phi) is 5.99. The molecule has 0 bridgehead atoms. The summed E-state index contributed by atoms with van der Waals surface area (Å²) in [4.78, 5) is 36.3. The van der Waals surface area contributed by atoms with Crippen LogP contribution in [0, 0.1) is 0 Å². The minimum atomic E-state index is -0.946. The Morgan fingerprint density at radius 2 is 1.84 bits per heavy atom. The van der Waals surface area contributed by atoms with Gasteiger partial charge in [-0.3, -0.25) is 4.79 Å². The number of esters is 2. The minimum Gasteiger partial charge on any atom is -0.508 e. The van der Waals surface area contributed by atoms with Crippen LogP contribution in [0.15, 0.2) is 35.5 Å². The van der Waals surface area contributed by atoms with E-state index >= 15 is 0 Å². The second-order valence-electron chi connectivity index (χ2n) is 5.18.